The van der Waals surface area contributed by atoms with Gasteiger partial charge in [0.05, 0.1) is 16.7 Å². The van der Waals surface area contributed by atoms with E-state index in [0.29, 0.717) is 17.8 Å². The van der Waals surface area contributed by atoms with Crippen LogP contribution in [0.1, 0.15) is 34.3 Å². The molecule has 0 bridgehead atoms. The van der Waals surface area contributed by atoms with Crippen LogP contribution >= 0.6 is 0 Å². The predicted molar refractivity (Wildman–Crippen MR) is 104 cm³/mol. The number of carbonyl (C=O) groups is 1. The largest absolute Gasteiger partial charge is 0.376 e. The van der Waals surface area contributed by atoms with Gasteiger partial charge in [0.15, 0.2) is 0 Å². The van der Waals surface area contributed by atoms with Crippen LogP contribution in [0.4, 0.5) is 5.69 Å². The van der Waals surface area contributed by atoms with Crippen LogP contribution < -0.4 is 10.0 Å². The fourth-order valence-corrected chi connectivity index (χ4v) is 4.03. The Bertz CT molecular complexity index is 917. The third-order valence-electron chi connectivity index (χ3n) is 4.59. The highest BCUT2D eigenvalue weighted by Crippen LogP contribution is 2.22. The molecule has 0 aliphatic carbocycles. The molecular weight excluding hydrogens is 364 g/mol. The molecule has 3 rings (SSSR count). The first-order valence-corrected chi connectivity index (χ1v) is 10.4. The van der Waals surface area contributed by atoms with E-state index in [0.717, 1.165) is 30.6 Å². The lowest BCUT2D eigenvalue weighted by molar-refractivity contribution is 0.0858. The monoisotopic (exact) mass is 388 g/mol. The molecule has 1 fully saturated rings. The summed E-state index contributed by atoms with van der Waals surface area (Å²) in [5, 5.41) is 2.85. The topological polar surface area (TPSA) is 84.5 Å². The second-order valence-electron chi connectivity index (χ2n) is 6.79. The molecule has 7 heteroatoms. The molecule has 1 aliphatic rings. The molecule has 144 valence electrons. The van der Waals surface area contributed by atoms with Gasteiger partial charge >= 0.3 is 0 Å². The van der Waals surface area contributed by atoms with Gasteiger partial charge in [0, 0.05) is 18.7 Å². The van der Waals surface area contributed by atoms with Crippen LogP contribution in [-0.4, -0.2) is 33.6 Å². The standard InChI is InChI=1S/C20H24N2O4S/c1-14-5-9-18(10-6-14)27(24,25)22-19-12-16(8-7-15(19)2)20(23)21-13-17-4-3-11-26-17/h5-10,12,17,22H,3-4,11,13H2,1-2H3,(H,21,23). The molecule has 1 heterocycles. The van der Waals surface area contributed by atoms with Crippen molar-refractivity contribution >= 4 is 21.6 Å². The zero-order valence-corrected chi connectivity index (χ0v) is 16.3. The molecule has 0 aromatic heterocycles. The maximum Gasteiger partial charge on any atom is 0.261 e. The minimum absolute atomic E-state index is 0.0545. The Morgan fingerprint density at radius 2 is 1.89 bits per heavy atom. The van der Waals surface area contributed by atoms with Crippen molar-refractivity contribution in [2.24, 2.45) is 0 Å². The molecule has 1 atom stereocenters. The van der Waals surface area contributed by atoms with E-state index >= 15 is 0 Å². The number of ether oxygens (including phenoxy) is 1. The highest BCUT2D eigenvalue weighted by molar-refractivity contribution is 7.92. The van der Waals surface area contributed by atoms with Crippen molar-refractivity contribution in [2.75, 3.05) is 17.9 Å². The molecule has 6 nitrogen and oxygen atoms in total. The van der Waals surface area contributed by atoms with Crippen molar-refractivity contribution < 1.29 is 17.9 Å². The molecule has 1 aliphatic heterocycles. The Morgan fingerprint density at radius 3 is 2.56 bits per heavy atom. The van der Waals surface area contributed by atoms with Gasteiger partial charge in [0.25, 0.3) is 15.9 Å². The lowest BCUT2D eigenvalue weighted by Crippen LogP contribution is -2.31. The Kier molecular flexibility index (Phi) is 5.82. The van der Waals surface area contributed by atoms with Crippen molar-refractivity contribution in [2.45, 2.75) is 37.7 Å². The van der Waals surface area contributed by atoms with Crippen LogP contribution in [0.5, 0.6) is 0 Å². The van der Waals surface area contributed by atoms with E-state index < -0.39 is 10.0 Å². The zero-order valence-electron chi connectivity index (χ0n) is 15.5. The number of amides is 1. The van der Waals surface area contributed by atoms with Crippen LogP contribution in [0.25, 0.3) is 0 Å². The van der Waals surface area contributed by atoms with Gasteiger partial charge in [-0.1, -0.05) is 23.8 Å². The third kappa shape index (κ3) is 4.87. The number of carbonyl (C=O) groups excluding carboxylic acids is 1. The van der Waals surface area contributed by atoms with Crippen LogP contribution in [0, 0.1) is 13.8 Å². The molecule has 2 aromatic carbocycles. The number of nitrogens with one attached hydrogen (secondary N) is 2. The number of anilines is 1. The second-order valence-corrected chi connectivity index (χ2v) is 8.48. The van der Waals surface area contributed by atoms with Crippen LogP contribution in [0.2, 0.25) is 0 Å². The highest BCUT2D eigenvalue weighted by atomic mass is 32.2. The van der Waals surface area contributed by atoms with E-state index in [1.165, 1.54) is 0 Å². The molecular formula is C20H24N2O4S. The third-order valence-corrected chi connectivity index (χ3v) is 5.97. The molecule has 1 amide bonds. The Morgan fingerprint density at radius 1 is 1.15 bits per heavy atom. The first kappa shape index (κ1) is 19.4. The molecule has 1 unspecified atom stereocenters. The summed E-state index contributed by atoms with van der Waals surface area (Å²) in [6, 6.07) is 11.6. The van der Waals surface area contributed by atoms with Gasteiger partial charge in [-0.15, -0.1) is 0 Å². The molecule has 0 radical (unpaired) electrons. The number of hydrogen-bond acceptors (Lipinski definition) is 4. The van der Waals surface area contributed by atoms with Gasteiger partial charge in [-0.05, 0) is 56.5 Å². The van der Waals surface area contributed by atoms with E-state index in [2.05, 4.69) is 10.0 Å². The van der Waals surface area contributed by atoms with Crippen molar-refractivity contribution in [3.63, 3.8) is 0 Å². The van der Waals surface area contributed by atoms with Crippen LogP contribution in [0.3, 0.4) is 0 Å². The van der Waals surface area contributed by atoms with Crippen molar-refractivity contribution in [1.82, 2.24) is 5.32 Å². The number of rotatable bonds is 6. The second kappa shape index (κ2) is 8.10. The Labute approximate surface area is 160 Å². The van der Waals surface area contributed by atoms with E-state index in [4.69, 9.17) is 4.74 Å². The lowest BCUT2D eigenvalue weighted by atomic mass is 10.1. The van der Waals surface area contributed by atoms with E-state index in [1.807, 2.05) is 6.92 Å². The predicted octanol–water partition coefficient (Wildman–Crippen LogP) is 3.01. The van der Waals surface area contributed by atoms with Gasteiger partial charge in [-0.25, -0.2) is 8.42 Å². The zero-order chi connectivity index (χ0) is 19.4. The Hall–Kier alpha value is -2.38. The van der Waals surface area contributed by atoms with E-state index in [1.54, 1.807) is 49.4 Å². The molecule has 27 heavy (non-hydrogen) atoms. The first-order chi connectivity index (χ1) is 12.8. The van der Waals surface area contributed by atoms with Gasteiger partial charge in [0.2, 0.25) is 0 Å². The summed E-state index contributed by atoms with van der Waals surface area (Å²) < 4.78 is 33.3. The van der Waals surface area contributed by atoms with Gasteiger partial charge in [-0.3, -0.25) is 9.52 Å². The van der Waals surface area contributed by atoms with Gasteiger partial charge in [0.1, 0.15) is 0 Å². The van der Waals surface area contributed by atoms with Crippen LogP contribution in [0.15, 0.2) is 47.4 Å². The maximum atomic E-state index is 12.6. The number of hydrogen-bond donors (Lipinski definition) is 2. The summed E-state index contributed by atoms with van der Waals surface area (Å²) in [5.41, 5.74) is 2.51. The number of sulfonamides is 1. The summed E-state index contributed by atoms with van der Waals surface area (Å²) in [6.07, 6.45) is 2.00. The lowest BCUT2D eigenvalue weighted by Gasteiger charge is -2.14. The summed E-state index contributed by atoms with van der Waals surface area (Å²) in [7, 11) is -3.72. The summed E-state index contributed by atoms with van der Waals surface area (Å²) in [4.78, 5) is 12.6. The van der Waals surface area contributed by atoms with Crippen LogP contribution in [-0.2, 0) is 14.8 Å². The van der Waals surface area contributed by atoms with Gasteiger partial charge in [-0.2, -0.15) is 0 Å². The summed E-state index contributed by atoms with van der Waals surface area (Å²) >= 11 is 0. The Balaban J connectivity index is 1.74. The number of aryl methyl sites for hydroxylation is 2. The average molecular weight is 388 g/mol. The summed E-state index contributed by atoms with van der Waals surface area (Å²) in [6.45, 7) is 4.88. The minimum Gasteiger partial charge on any atom is -0.376 e. The fourth-order valence-electron chi connectivity index (χ4n) is 2.91. The maximum absolute atomic E-state index is 12.6. The fraction of sp³-hybridized carbons (Fsp3) is 0.350. The molecule has 0 spiro atoms. The minimum atomic E-state index is -3.72. The first-order valence-electron chi connectivity index (χ1n) is 8.95. The summed E-state index contributed by atoms with van der Waals surface area (Å²) in [5.74, 6) is -0.249. The van der Waals surface area contributed by atoms with Gasteiger partial charge < -0.3 is 10.1 Å². The van der Waals surface area contributed by atoms with Crippen molar-refractivity contribution in [1.29, 1.82) is 0 Å². The van der Waals surface area contributed by atoms with Crippen molar-refractivity contribution in [3.05, 3.63) is 59.2 Å². The smallest absolute Gasteiger partial charge is 0.261 e. The van der Waals surface area contributed by atoms with E-state index in [9.17, 15) is 13.2 Å². The normalized spacial score (nSPS) is 16.9. The van der Waals surface area contributed by atoms with Crippen molar-refractivity contribution in [3.8, 4) is 0 Å². The van der Waals surface area contributed by atoms with E-state index in [-0.39, 0.29) is 16.9 Å². The number of benzene rings is 2. The molecule has 2 N–H and O–H groups in total. The quantitative estimate of drug-likeness (QED) is 0.797. The molecule has 1 saturated heterocycles. The highest BCUT2D eigenvalue weighted by Gasteiger charge is 2.19. The SMILES string of the molecule is Cc1ccc(S(=O)(=O)Nc2cc(C(=O)NCC3CCCO3)ccc2C)cc1. The average Bonchev–Trinajstić information content (AvgIpc) is 3.15. The molecule has 2 aromatic rings. The molecule has 0 saturated carbocycles.